The number of nitrogens with zero attached hydrogens (tertiary/aromatic N) is 4. The van der Waals surface area contributed by atoms with Gasteiger partial charge in [0, 0.05) is 45.0 Å². The van der Waals surface area contributed by atoms with Crippen molar-refractivity contribution < 1.29 is 9.59 Å². The van der Waals surface area contributed by atoms with Crippen LogP contribution in [0.15, 0.2) is 42.5 Å². The summed E-state index contributed by atoms with van der Waals surface area (Å²) in [5, 5.41) is 19.3. The van der Waals surface area contributed by atoms with Crippen molar-refractivity contribution in [1.29, 1.82) is 5.26 Å². The summed E-state index contributed by atoms with van der Waals surface area (Å²) in [6, 6.07) is 16.1. The highest BCUT2D eigenvalue weighted by atomic mass is 35.5. The van der Waals surface area contributed by atoms with Crippen molar-refractivity contribution in [2.24, 2.45) is 0 Å². The van der Waals surface area contributed by atoms with E-state index in [9.17, 15) is 14.9 Å². The van der Waals surface area contributed by atoms with Gasteiger partial charge in [0.25, 0.3) is 5.91 Å². The largest absolute Gasteiger partial charge is 0.353 e. The van der Waals surface area contributed by atoms with Gasteiger partial charge in [0.15, 0.2) is 0 Å². The first-order chi connectivity index (χ1) is 16.8. The molecule has 0 spiro atoms. The Morgan fingerprint density at radius 2 is 1.70 bits per heavy atom. The van der Waals surface area contributed by atoms with Gasteiger partial charge in [-0.1, -0.05) is 51.1 Å². The van der Waals surface area contributed by atoms with E-state index in [-0.39, 0.29) is 49.7 Å². The minimum absolute atomic E-state index is 0. The average Bonchev–Trinajstić information content (AvgIpc) is 3.29. The molecule has 2 aromatic rings. The van der Waals surface area contributed by atoms with Crippen LogP contribution in [0.1, 0.15) is 43.0 Å². The second kappa shape index (κ2) is 15.4. The maximum Gasteiger partial charge on any atom is 0.256 e. The fraction of sp³-hybridized carbons (Fsp3) is 0.444. The first-order valence-electron chi connectivity index (χ1n) is 12.2. The molecule has 2 aromatic carbocycles. The number of fused-ring (bicyclic) bond motifs is 1. The molecular formula is C27H38Cl2N6O2. The predicted molar refractivity (Wildman–Crippen MR) is 152 cm³/mol. The summed E-state index contributed by atoms with van der Waals surface area (Å²) in [6.07, 6.45) is 0.725. The Kier molecular flexibility index (Phi) is 13.4. The maximum absolute atomic E-state index is 13.4. The number of hydrogen-bond acceptors (Lipinski definition) is 6. The summed E-state index contributed by atoms with van der Waals surface area (Å²) >= 11 is 0. The highest BCUT2D eigenvalue weighted by Crippen LogP contribution is 2.25. The number of rotatable bonds is 11. The second-order valence-corrected chi connectivity index (χ2v) is 9.13. The highest BCUT2D eigenvalue weighted by molar-refractivity contribution is 5.87. The predicted octanol–water partition coefficient (Wildman–Crippen LogP) is 3.27. The number of likely N-dealkylation sites (N-methyl/N-ethyl adjacent to an activating group) is 1. The fourth-order valence-corrected chi connectivity index (χ4v) is 4.20. The van der Waals surface area contributed by atoms with Crippen molar-refractivity contribution in [3.8, 4) is 6.07 Å². The molecule has 2 N–H and O–H groups in total. The SMILES string of the molecule is CCc1ccc(C#N)cc1N(CC(=O)NCCNC(C)C)CC(=O)N(C)N1Cc2ccccc2C1.Cl.Cl. The van der Waals surface area contributed by atoms with Crippen molar-refractivity contribution in [1.82, 2.24) is 20.7 Å². The van der Waals surface area contributed by atoms with E-state index in [2.05, 4.69) is 42.7 Å². The maximum atomic E-state index is 13.4. The molecule has 0 radical (unpaired) electrons. The van der Waals surface area contributed by atoms with Gasteiger partial charge in [-0.05, 0) is 35.2 Å². The molecule has 0 aromatic heterocycles. The molecule has 0 fully saturated rings. The highest BCUT2D eigenvalue weighted by Gasteiger charge is 2.27. The Morgan fingerprint density at radius 1 is 1.05 bits per heavy atom. The lowest BCUT2D eigenvalue weighted by molar-refractivity contribution is -0.145. The number of nitriles is 1. The van der Waals surface area contributed by atoms with Crippen LogP contribution in [-0.2, 0) is 29.1 Å². The Morgan fingerprint density at radius 3 is 2.27 bits per heavy atom. The number of carbonyl (C=O) groups excluding carboxylic acids is 2. The number of hydrazine groups is 1. The Balaban J connectivity index is 0.00000342. The van der Waals surface area contributed by atoms with E-state index in [0.29, 0.717) is 37.8 Å². The van der Waals surface area contributed by atoms with Crippen molar-refractivity contribution in [3.63, 3.8) is 0 Å². The number of anilines is 1. The number of halogens is 2. The Bertz CT molecular complexity index is 1060. The van der Waals surface area contributed by atoms with Gasteiger partial charge in [-0.25, -0.2) is 5.01 Å². The van der Waals surface area contributed by atoms with Crippen LogP contribution in [0.5, 0.6) is 0 Å². The number of carbonyl (C=O) groups is 2. The van der Waals surface area contributed by atoms with Crippen molar-refractivity contribution in [2.75, 3.05) is 38.1 Å². The third-order valence-electron chi connectivity index (χ3n) is 6.21. The summed E-state index contributed by atoms with van der Waals surface area (Å²) in [4.78, 5) is 28.0. The number of benzene rings is 2. The van der Waals surface area contributed by atoms with Gasteiger partial charge in [0.05, 0.1) is 24.7 Å². The summed E-state index contributed by atoms with van der Waals surface area (Å²) in [7, 11) is 1.77. The topological polar surface area (TPSA) is 91.7 Å². The molecule has 2 amide bonds. The van der Waals surface area contributed by atoms with Gasteiger partial charge in [0.1, 0.15) is 0 Å². The molecule has 0 aliphatic carbocycles. The number of hydrogen-bond donors (Lipinski definition) is 2. The van der Waals surface area contributed by atoms with Crippen LogP contribution in [0.25, 0.3) is 0 Å². The van der Waals surface area contributed by atoms with Crippen LogP contribution < -0.4 is 15.5 Å². The Hall–Kier alpha value is -2.83. The minimum Gasteiger partial charge on any atom is -0.353 e. The van der Waals surface area contributed by atoms with Crippen LogP contribution in [-0.4, -0.2) is 61.1 Å². The third-order valence-corrected chi connectivity index (χ3v) is 6.21. The van der Waals surface area contributed by atoms with Crippen LogP contribution >= 0.6 is 24.8 Å². The van der Waals surface area contributed by atoms with Crippen LogP contribution in [0.2, 0.25) is 0 Å². The molecule has 1 aliphatic rings. The van der Waals surface area contributed by atoms with Gasteiger partial charge in [-0.3, -0.25) is 14.6 Å². The monoisotopic (exact) mass is 548 g/mol. The molecular weight excluding hydrogens is 511 g/mol. The minimum atomic E-state index is -0.163. The standard InChI is InChI=1S/C27H36N6O2.2ClH/c1-5-22-11-10-21(15-28)14-25(22)32(18-26(34)30-13-12-29-20(2)3)19-27(35)31(4)33-16-23-8-6-7-9-24(23)17-33;;/h6-11,14,20,29H,5,12-13,16-19H2,1-4H3,(H,30,34);2*1H. The zero-order chi connectivity index (χ0) is 25.4. The van der Waals surface area contributed by atoms with Gasteiger partial charge >= 0.3 is 0 Å². The molecule has 1 aliphatic heterocycles. The van der Waals surface area contributed by atoms with E-state index in [4.69, 9.17) is 0 Å². The molecule has 1 heterocycles. The van der Waals surface area contributed by atoms with E-state index < -0.39 is 0 Å². The Labute approximate surface area is 232 Å². The van der Waals surface area contributed by atoms with E-state index in [1.807, 2.05) is 30.1 Å². The van der Waals surface area contributed by atoms with E-state index in [1.54, 1.807) is 29.1 Å². The molecule has 0 bridgehead atoms. The van der Waals surface area contributed by atoms with Crippen LogP contribution in [0.3, 0.4) is 0 Å². The van der Waals surface area contributed by atoms with E-state index in [0.717, 1.165) is 17.7 Å². The van der Waals surface area contributed by atoms with Gasteiger partial charge in [-0.2, -0.15) is 5.26 Å². The van der Waals surface area contributed by atoms with Gasteiger partial charge in [-0.15, -0.1) is 24.8 Å². The molecule has 3 rings (SSSR count). The lowest BCUT2D eigenvalue weighted by Gasteiger charge is -2.32. The van der Waals surface area contributed by atoms with E-state index in [1.165, 1.54) is 11.1 Å². The quantitative estimate of drug-likeness (QED) is 0.418. The molecule has 202 valence electrons. The molecule has 0 unspecified atom stereocenters. The number of nitrogens with one attached hydrogen (secondary N) is 2. The van der Waals surface area contributed by atoms with Crippen LogP contribution in [0.4, 0.5) is 5.69 Å². The molecule has 10 heteroatoms. The van der Waals surface area contributed by atoms with Gasteiger partial charge in [0.2, 0.25) is 5.91 Å². The zero-order valence-corrected chi connectivity index (χ0v) is 23.6. The van der Waals surface area contributed by atoms with Gasteiger partial charge < -0.3 is 15.5 Å². The first-order valence-corrected chi connectivity index (χ1v) is 12.2. The zero-order valence-electron chi connectivity index (χ0n) is 22.0. The second-order valence-electron chi connectivity index (χ2n) is 9.13. The number of aryl methyl sites for hydroxylation is 1. The summed E-state index contributed by atoms with van der Waals surface area (Å²) in [5.41, 5.74) is 4.66. The third kappa shape index (κ3) is 8.90. The number of amides is 2. The van der Waals surface area contributed by atoms with Crippen molar-refractivity contribution in [3.05, 3.63) is 64.7 Å². The van der Waals surface area contributed by atoms with E-state index >= 15 is 0 Å². The lowest BCUT2D eigenvalue weighted by atomic mass is 10.1. The summed E-state index contributed by atoms with van der Waals surface area (Å²) in [6.45, 7) is 8.71. The molecule has 8 nitrogen and oxygen atoms in total. The fourth-order valence-electron chi connectivity index (χ4n) is 4.20. The molecule has 0 saturated carbocycles. The molecule has 37 heavy (non-hydrogen) atoms. The average molecular weight is 550 g/mol. The van der Waals surface area contributed by atoms with Crippen LogP contribution in [0, 0.1) is 11.3 Å². The lowest BCUT2D eigenvalue weighted by Crippen LogP contribution is -2.48. The summed E-state index contributed by atoms with van der Waals surface area (Å²) < 4.78 is 0. The summed E-state index contributed by atoms with van der Waals surface area (Å²) in [5.74, 6) is -0.277. The molecule has 0 saturated heterocycles. The normalized spacial score (nSPS) is 12.1. The molecule has 0 atom stereocenters. The first kappa shape index (κ1) is 32.2. The van der Waals surface area contributed by atoms with Crippen molar-refractivity contribution in [2.45, 2.75) is 46.3 Å². The smallest absolute Gasteiger partial charge is 0.256 e. The van der Waals surface area contributed by atoms with Crippen molar-refractivity contribution >= 4 is 42.3 Å².